The fourth-order valence-corrected chi connectivity index (χ4v) is 0.847. The zero-order valence-electron chi connectivity index (χ0n) is 8.07. The number of aromatic nitrogens is 1. The normalized spacial score (nSPS) is 12.2. The van der Waals surface area contributed by atoms with Gasteiger partial charge in [-0.3, -0.25) is 5.32 Å². The number of amides is 2. The lowest BCUT2D eigenvalue weighted by Crippen LogP contribution is -2.38. The Hall–Kier alpha value is -1.56. The van der Waals surface area contributed by atoms with Gasteiger partial charge < -0.3 is 14.9 Å². The number of rotatable bonds is 3. The average Bonchev–Trinajstić information content (AvgIpc) is 2.50. The second kappa shape index (κ2) is 4.61. The van der Waals surface area contributed by atoms with Gasteiger partial charge in [0, 0.05) is 6.07 Å². The molecule has 14 heavy (non-hydrogen) atoms. The van der Waals surface area contributed by atoms with Crippen LogP contribution in [-0.2, 0) is 0 Å². The van der Waals surface area contributed by atoms with Crippen molar-refractivity contribution in [2.45, 2.75) is 19.9 Å². The summed E-state index contributed by atoms with van der Waals surface area (Å²) in [5.74, 6) is 0.973. The first-order valence-corrected chi connectivity index (χ1v) is 4.23. The Morgan fingerprint density at radius 1 is 1.79 bits per heavy atom. The number of hydrogen-bond acceptors (Lipinski definition) is 4. The first kappa shape index (κ1) is 10.5. The Morgan fingerprint density at radius 2 is 2.50 bits per heavy atom. The molecule has 1 aromatic rings. The molecule has 0 fully saturated rings. The van der Waals surface area contributed by atoms with Crippen LogP contribution >= 0.6 is 0 Å². The number of urea groups is 1. The smallest absolute Gasteiger partial charge is 0.320 e. The van der Waals surface area contributed by atoms with E-state index in [4.69, 9.17) is 9.63 Å². The summed E-state index contributed by atoms with van der Waals surface area (Å²) < 4.78 is 4.75. The molecule has 0 bridgehead atoms. The third kappa shape index (κ3) is 3.06. The van der Waals surface area contributed by atoms with Gasteiger partial charge in [0.15, 0.2) is 5.82 Å². The van der Waals surface area contributed by atoms with Crippen molar-refractivity contribution in [3.63, 3.8) is 0 Å². The quantitative estimate of drug-likeness (QED) is 0.661. The maximum Gasteiger partial charge on any atom is 0.320 e. The predicted molar refractivity (Wildman–Crippen MR) is 49.9 cm³/mol. The van der Waals surface area contributed by atoms with Crippen molar-refractivity contribution >= 4 is 11.8 Å². The first-order valence-electron chi connectivity index (χ1n) is 4.23. The van der Waals surface area contributed by atoms with Crippen LogP contribution in [-0.4, -0.2) is 28.9 Å². The van der Waals surface area contributed by atoms with Crippen LogP contribution in [0.3, 0.4) is 0 Å². The maximum atomic E-state index is 11.2. The van der Waals surface area contributed by atoms with Gasteiger partial charge in [-0.2, -0.15) is 0 Å². The molecule has 1 heterocycles. The number of nitrogens with one attached hydrogen (secondary N) is 2. The number of carbonyl (C=O) groups excluding carboxylic acids is 1. The standard InChI is InChI=1S/C8H13N3O3/c1-5(4-12)9-8(13)10-7-3-6(2)14-11-7/h3,5,12H,4H2,1-2H3,(H2,9,10,11,13)/t5-/m0/s1. The van der Waals surface area contributed by atoms with Crippen LogP contribution in [0.25, 0.3) is 0 Å². The molecule has 0 saturated heterocycles. The molecule has 0 aliphatic heterocycles. The van der Waals surface area contributed by atoms with Gasteiger partial charge in [-0.1, -0.05) is 5.16 Å². The van der Waals surface area contributed by atoms with Crippen molar-refractivity contribution < 1.29 is 14.4 Å². The zero-order valence-corrected chi connectivity index (χ0v) is 8.07. The van der Waals surface area contributed by atoms with E-state index < -0.39 is 6.03 Å². The van der Waals surface area contributed by atoms with E-state index in [0.717, 1.165) is 0 Å². The second-order valence-corrected chi connectivity index (χ2v) is 3.00. The van der Waals surface area contributed by atoms with Gasteiger partial charge in [-0.05, 0) is 13.8 Å². The highest BCUT2D eigenvalue weighted by molar-refractivity contribution is 5.88. The minimum Gasteiger partial charge on any atom is -0.394 e. The molecule has 0 radical (unpaired) electrons. The highest BCUT2D eigenvalue weighted by Crippen LogP contribution is 2.06. The molecule has 0 unspecified atom stereocenters. The van der Waals surface area contributed by atoms with E-state index in [2.05, 4.69) is 15.8 Å². The number of anilines is 1. The van der Waals surface area contributed by atoms with Crippen molar-refractivity contribution in [2.24, 2.45) is 0 Å². The van der Waals surface area contributed by atoms with Crippen LogP contribution in [0.2, 0.25) is 0 Å². The van der Waals surface area contributed by atoms with Crippen molar-refractivity contribution in [3.05, 3.63) is 11.8 Å². The minimum absolute atomic E-state index is 0.106. The summed E-state index contributed by atoms with van der Waals surface area (Å²) in [6.45, 7) is 3.31. The summed E-state index contributed by atoms with van der Waals surface area (Å²) >= 11 is 0. The summed E-state index contributed by atoms with van der Waals surface area (Å²) in [6.07, 6.45) is 0. The predicted octanol–water partition coefficient (Wildman–Crippen LogP) is 0.485. The van der Waals surface area contributed by atoms with Crippen molar-refractivity contribution in [1.29, 1.82) is 0 Å². The summed E-state index contributed by atoms with van der Waals surface area (Å²) in [5.41, 5.74) is 0. The monoisotopic (exact) mass is 199 g/mol. The number of carbonyl (C=O) groups is 1. The van der Waals surface area contributed by atoms with Crippen LogP contribution < -0.4 is 10.6 Å². The molecule has 0 aromatic carbocycles. The lowest BCUT2D eigenvalue weighted by molar-refractivity contribution is 0.229. The largest absolute Gasteiger partial charge is 0.394 e. The van der Waals surface area contributed by atoms with Crippen molar-refractivity contribution in [3.8, 4) is 0 Å². The molecule has 6 nitrogen and oxygen atoms in total. The zero-order chi connectivity index (χ0) is 10.6. The third-order valence-electron chi connectivity index (χ3n) is 1.52. The highest BCUT2D eigenvalue weighted by Gasteiger charge is 2.07. The van der Waals surface area contributed by atoms with Gasteiger partial charge in [0.2, 0.25) is 0 Å². The molecule has 0 saturated carbocycles. The van der Waals surface area contributed by atoms with Gasteiger partial charge in [-0.15, -0.1) is 0 Å². The molecular weight excluding hydrogens is 186 g/mol. The maximum absolute atomic E-state index is 11.2. The second-order valence-electron chi connectivity index (χ2n) is 3.00. The van der Waals surface area contributed by atoms with Crippen LogP contribution in [0.1, 0.15) is 12.7 Å². The molecule has 0 spiro atoms. The highest BCUT2D eigenvalue weighted by atomic mass is 16.5. The van der Waals surface area contributed by atoms with Crippen molar-refractivity contribution in [1.82, 2.24) is 10.5 Å². The Balaban J connectivity index is 2.41. The molecule has 0 aliphatic carbocycles. The van der Waals surface area contributed by atoms with E-state index >= 15 is 0 Å². The number of aryl methyl sites for hydroxylation is 1. The average molecular weight is 199 g/mol. The molecule has 1 atom stereocenters. The van der Waals surface area contributed by atoms with E-state index in [9.17, 15) is 4.79 Å². The molecule has 2 amide bonds. The Morgan fingerprint density at radius 3 is 3.00 bits per heavy atom. The molecule has 6 heteroatoms. The Labute approximate surface area is 81.3 Å². The van der Waals surface area contributed by atoms with Gasteiger partial charge in [0.1, 0.15) is 5.76 Å². The van der Waals surface area contributed by atoms with Gasteiger partial charge in [0.05, 0.1) is 12.6 Å². The Kier molecular flexibility index (Phi) is 3.47. The van der Waals surface area contributed by atoms with Crippen LogP contribution in [0.4, 0.5) is 10.6 Å². The Bertz CT molecular complexity index is 311. The number of nitrogens with zero attached hydrogens (tertiary/aromatic N) is 1. The van der Waals surface area contributed by atoms with Gasteiger partial charge >= 0.3 is 6.03 Å². The minimum atomic E-state index is -0.417. The van der Waals surface area contributed by atoms with E-state index in [-0.39, 0.29) is 12.6 Å². The summed E-state index contributed by atoms with van der Waals surface area (Å²) in [7, 11) is 0. The summed E-state index contributed by atoms with van der Waals surface area (Å²) in [5, 5.41) is 17.2. The molecule has 1 rings (SSSR count). The number of aliphatic hydroxyl groups is 1. The molecular formula is C8H13N3O3. The molecule has 78 valence electrons. The number of aliphatic hydroxyl groups excluding tert-OH is 1. The summed E-state index contributed by atoms with van der Waals surface area (Å²) in [6, 6.07) is 0.895. The summed E-state index contributed by atoms with van der Waals surface area (Å²) in [4.78, 5) is 11.2. The van der Waals surface area contributed by atoms with Crippen LogP contribution in [0.15, 0.2) is 10.6 Å². The number of hydrogen-bond donors (Lipinski definition) is 3. The SMILES string of the molecule is Cc1cc(NC(=O)N[C@@H](C)CO)no1. The van der Waals surface area contributed by atoms with E-state index in [1.165, 1.54) is 0 Å². The molecule has 1 aromatic heterocycles. The first-order chi connectivity index (χ1) is 6.61. The van der Waals surface area contributed by atoms with Crippen LogP contribution in [0, 0.1) is 6.92 Å². The lowest BCUT2D eigenvalue weighted by atomic mass is 10.4. The van der Waals surface area contributed by atoms with E-state index in [1.54, 1.807) is 19.9 Å². The van der Waals surface area contributed by atoms with Crippen LogP contribution in [0.5, 0.6) is 0 Å². The van der Waals surface area contributed by atoms with E-state index in [0.29, 0.717) is 11.6 Å². The molecule has 0 aliphatic rings. The van der Waals surface area contributed by atoms with Crippen molar-refractivity contribution in [2.75, 3.05) is 11.9 Å². The fourth-order valence-electron chi connectivity index (χ4n) is 0.847. The third-order valence-corrected chi connectivity index (χ3v) is 1.52. The topological polar surface area (TPSA) is 87.4 Å². The van der Waals surface area contributed by atoms with Gasteiger partial charge in [0.25, 0.3) is 0 Å². The fraction of sp³-hybridized carbons (Fsp3) is 0.500. The van der Waals surface area contributed by atoms with Gasteiger partial charge in [-0.25, -0.2) is 4.79 Å². The van der Waals surface area contributed by atoms with E-state index in [1.807, 2.05) is 0 Å². The lowest BCUT2D eigenvalue weighted by Gasteiger charge is -2.09. The molecule has 3 N–H and O–H groups in total.